The summed E-state index contributed by atoms with van der Waals surface area (Å²) in [6.45, 7) is 1.71. The normalized spacial score (nSPS) is 14.5. The SMILES string of the molecule is CC1=C(OCc2c(Cl)ccc(N(C)C(=O)CN)c2Cl)Cc2ccccc2N1C(=O)C=Cc1ccc(NC(=O)C2CC2)cc1. The summed E-state index contributed by atoms with van der Waals surface area (Å²) in [5.74, 6) is 0.241. The minimum absolute atomic E-state index is 0.0342. The molecule has 2 aliphatic rings. The van der Waals surface area contributed by atoms with E-state index in [1.807, 2.05) is 55.5 Å². The van der Waals surface area contributed by atoms with Crippen LogP contribution in [0.1, 0.15) is 36.5 Å². The van der Waals surface area contributed by atoms with E-state index >= 15 is 0 Å². The maximum absolute atomic E-state index is 13.6. The van der Waals surface area contributed by atoms with Gasteiger partial charge in [0.2, 0.25) is 11.8 Å². The van der Waals surface area contributed by atoms with Crippen molar-refractivity contribution in [1.29, 1.82) is 0 Å². The number of hydrogen-bond acceptors (Lipinski definition) is 5. The molecule has 3 aromatic rings. The zero-order valence-corrected chi connectivity index (χ0v) is 25.4. The molecule has 1 saturated carbocycles. The number of benzene rings is 3. The van der Waals surface area contributed by atoms with Gasteiger partial charge in [-0.2, -0.15) is 0 Å². The zero-order chi connectivity index (χ0) is 30.7. The van der Waals surface area contributed by atoms with Gasteiger partial charge >= 0.3 is 0 Å². The fourth-order valence-electron chi connectivity index (χ4n) is 4.84. The number of para-hydroxylation sites is 1. The van der Waals surface area contributed by atoms with Crippen LogP contribution >= 0.6 is 23.2 Å². The van der Waals surface area contributed by atoms with E-state index in [1.54, 1.807) is 30.2 Å². The Balaban J connectivity index is 1.35. The molecule has 222 valence electrons. The highest BCUT2D eigenvalue weighted by Gasteiger charge is 2.30. The number of likely N-dealkylation sites (N-methyl/N-ethyl adjacent to an activating group) is 1. The molecule has 0 atom stereocenters. The molecule has 0 spiro atoms. The Labute approximate surface area is 260 Å². The summed E-state index contributed by atoms with van der Waals surface area (Å²) >= 11 is 13.1. The monoisotopic (exact) mass is 618 g/mol. The molecule has 1 fully saturated rings. The number of anilines is 3. The number of nitrogens with two attached hydrogens (primary N) is 1. The molecule has 43 heavy (non-hydrogen) atoms. The van der Waals surface area contributed by atoms with Gasteiger partial charge in [0, 0.05) is 41.7 Å². The van der Waals surface area contributed by atoms with Gasteiger partial charge in [-0.05, 0) is 67.3 Å². The van der Waals surface area contributed by atoms with E-state index in [0.717, 1.165) is 35.3 Å². The van der Waals surface area contributed by atoms with Crippen LogP contribution in [-0.4, -0.2) is 31.3 Å². The van der Waals surface area contributed by atoms with E-state index in [1.165, 1.54) is 11.0 Å². The van der Waals surface area contributed by atoms with Crippen LogP contribution < -0.4 is 20.9 Å². The molecule has 1 aliphatic carbocycles. The molecule has 0 saturated heterocycles. The van der Waals surface area contributed by atoms with Gasteiger partial charge in [0.1, 0.15) is 12.4 Å². The largest absolute Gasteiger partial charge is 0.491 e. The summed E-state index contributed by atoms with van der Waals surface area (Å²) < 4.78 is 6.26. The molecule has 0 bridgehead atoms. The number of carbonyl (C=O) groups excluding carboxylic acids is 3. The van der Waals surface area contributed by atoms with Crippen LogP contribution in [0.3, 0.4) is 0 Å². The lowest BCUT2D eigenvalue weighted by atomic mass is 10.0. The molecule has 3 N–H and O–H groups in total. The summed E-state index contributed by atoms with van der Waals surface area (Å²) in [5.41, 5.74) is 10.4. The zero-order valence-electron chi connectivity index (χ0n) is 23.9. The minimum Gasteiger partial charge on any atom is -0.491 e. The molecule has 5 rings (SSSR count). The van der Waals surface area contributed by atoms with Crippen molar-refractivity contribution in [3.8, 4) is 0 Å². The van der Waals surface area contributed by atoms with Gasteiger partial charge in [0.05, 0.1) is 28.6 Å². The summed E-state index contributed by atoms with van der Waals surface area (Å²) in [5, 5.41) is 3.61. The lowest BCUT2D eigenvalue weighted by Gasteiger charge is -2.31. The third kappa shape index (κ3) is 6.77. The number of ether oxygens (including phenoxy) is 1. The molecular weight excluding hydrogens is 587 g/mol. The second kappa shape index (κ2) is 13.0. The van der Waals surface area contributed by atoms with Crippen LogP contribution in [0.25, 0.3) is 6.08 Å². The number of amides is 3. The fourth-order valence-corrected chi connectivity index (χ4v) is 5.45. The van der Waals surface area contributed by atoms with Crippen molar-refractivity contribution >= 4 is 64.1 Å². The maximum atomic E-state index is 13.6. The predicted octanol–water partition coefficient (Wildman–Crippen LogP) is 6.31. The lowest BCUT2D eigenvalue weighted by molar-refractivity contribution is -0.118. The molecule has 3 amide bonds. The van der Waals surface area contributed by atoms with E-state index in [2.05, 4.69) is 5.32 Å². The number of fused-ring (bicyclic) bond motifs is 1. The molecule has 0 unspecified atom stereocenters. The highest BCUT2D eigenvalue weighted by atomic mass is 35.5. The van der Waals surface area contributed by atoms with E-state index in [9.17, 15) is 14.4 Å². The molecule has 8 nitrogen and oxygen atoms in total. The summed E-state index contributed by atoms with van der Waals surface area (Å²) in [6.07, 6.45) is 5.62. The average molecular weight is 620 g/mol. The van der Waals surface area contributed by atoms with E-state index in [0.29, 0.717) is 39.2 Å². The van der Waals surface area contributed by atoms with Crippen molar-refractivity contribution in [3.63, 3.8) is 0 Å². The first-order chi connectivity index (χ1) is 20.7. The number of halogens is 2. The Morgan fingerprint density at radius 1 is 1.07 bits per heavy atom. The second-order valence-corrected chi connectivity index (χ2v) is 11.3. The van der Waals surface area contributed by atoms with Gasteiger partial charge in [0.15, 0.2) is 0 Å². The van der Waals surface area contributed by atoms with E-state index < -0.39 is 0 Å². The Hall–Kier alpha value is -4.11. The molecule has 0 aromatic heterocycles. The van der Waals surface area contributed by atoms with Crippen LogP contribution in [0.15, 0.2) is 78.2 Å². The highest BCUT2D eigenvalue weighted by Crippen LogP contribution is 2.38. The quantitative estimate of drug-likeness (QED) is 0.273. The van der Waals surface area contributed by atoms with Crippen LogP contribution in [0.4, 0.5) is 17.1 Å². The Morgan fingerprint density at radius 3 is 2.49 bits per heavy atom. The Morgan fingerprint density at radius 2 is 1.79 bits per heavy atom. The minimum atomic E-state index is -0.294. The van der Waals surface area contributed by atoms with Crippen molar-refractivity contribution in [1.82, 2.24) is 0 Å². The van der Waals surface area contributed by atoms with Crippen molar-refractivity contribution in [2.45, 2.75) is 32.8 Å². The molecular formula is C33H32Cl2N4O4. The molecule has 1 aliphatic heterocycles. The van der Waals surface area contributed by atoms with Gasteiger partial charge in [0.25, 0.3) is 5.91 Å². The van der Waals surface area contributed by atoms with Crippen LogP contribution in [0.5, 0.6) is 0 Å². The summed E-state index contributed by atoms with van der Waals surface area (Å²) in [7, 11) is 1.60. The number of hydrogen-bond donors (Lipinski definition) is 2. The van der Waals surface area contributed by atoms with Gasteiger partial charge < -0.3 is 20.7 Å². The number of carbonyl (C=O) groups is 3. The fraction of sp³-hybridized carbons (Fsp3) is 0.242. The van der Waals surface area contributed by atoms with E-state index in [4.69, 9.17) is 33.7 Å². The highest BCUT2D eigenvalue weighted by molar-refractivity contribution is 6.38. The average Bonchev–Trinajstić information content (AvgIpc) is 3.86. The summed E-state index contributed by atoms with van der Waals surface area (Å²) in [6, 6.07) is 18.3. The first-order valence-electron chi connectivity index (χ1n) is 13.9. The Bertz CT molecular complexity index is 1630. The lowest BCUT2D eigenvalue weighted by Crippen LogP contribution is -2.33. The Kier molecular flexibility index (Phi) is 9.20. The standard InChI is InChI=1S/C33H32Cl2N4O4/c1-20-29(43-19-25-26(34)14-15-28(32(25)35)38(2)31(41)18-36)17-23-5-3-4-6-27(23)39(20)30(40)16-9-21-7-12-24(13-8-21)37-33(42)22-10-11-22/h3-9,12-16,22H,10-11,17-19,36H2,1-2H3,(H,37,42). The second-order valence-electron chi connectivity index (χ2n) is 10.5. The van der Waals surface area contributed by atoms with Crippen molar-refractivity contribution in [2.75, 3.05) is 28.7 Å². The van der Waals surface area contributed by atoms with Crippen molar-refractivity contribution < 1.29 is 19.1 Å². The smallest absolute Gasteiger partial charge is 0.255 e. The van der Waals surface area contributed by atoms with Crippen molar-refractivity contribution in [2.24, 2.45) is 11.7 Å². The number of rotatable bonds is 9. The van der Waals surface area contributed by atoms with Crippen LogP contribution in [0.2, 0.25) is 10.0 Å². The molecule has 0 radical (unpaired) electrons. The first kappa shape index (κ1) is 30.4. The topological polar surface area (TPSA) is 105 Å². The maximum Gasteiger partial charge on any atom is 0.255 e. The van der Waals surface area contributed by atoms with Gasteiger partial charge in [-0.25, -0.2) is 0 Å². The van der Waals surface area contributed by atoms with Crippen LogP contribution in [-0.2, 0) is 32.1 Å². The summed E-state index contributed by atoms with van der Waals surface area (Å²) in [4.78, 5) is 40.8. The van der Waals surface area contributed by atoms with Gasteiger partial charge in [-0.15, -0.1) is 0 Å². The van der Waals surface area contributed by atoms with Crippen molar-refractivity contribution in [3.05, 3.63) is 105 Å². The van der Waals surface area contributed by atoms with Gasteiger partial charge in [-0.3, -0.25) is 19.3 Å². The number of allylic oxidation sites excluding steroid dienone is 2. The molecule has 10 heteroatoms. The third-order valence-corrected chi connectivity index (χ3v) is 8.33. The molecule has 1 heterocycles. The van der Waals surface area contributed by atoms with Gasteiger partial charge in [-0.1, -0.05) is 53.5 Å². The third-order valence-electron chi connectivity index (χ3n) is 7.55. The number of nitrogens with zero attached hydrogens (tertiary/aromatic N) is 2. The predicted molar refractivity (Wildman–Crippen MR) is 171 cm³/mol. The molecule has 3 aromatic carbocycles. The van der Waals surface area contributed by atoms with Crippen LogP contribution in [0, 0.1) is 5.92 Å². The van der Waals surface area contributed by atoms with E-state index in [-0.39, 0.29) is 36.8 Å². The number of nitrogens with one attached hydrogen (secondary N) is 1. The first-order valence-corrected chi connectivity index (χ1v) is 14.7.